The van der Waals surface area contributed by atoms with Crippen molar-refractivity contribution < 1.29 is 19.1 Å². The number of ether oxygens (including phenoxy) is 1. The maximum atomic E-state index is 12.2. The molecule has 0 aromatic heterocycles. The molecule has 6 nitrogen and oxygen atoms in total. The van der Waals surface area contributed by atoms with Gasteiger partial charge in [0.2, 0.25) is 0 Å². The highest BCUT2D eigenvalue weighted by Gasteiger charge is 2.25. The van der Waals surface area contributed by atoms with Crippen LogP contribution in [0, 0.1) is 0 Å². The highest BCUT2D eigenvalue weighted by molar-refractivity contribution is 6.42. The fraction of sp³-hybridized carbons (Fsp3) is 0.211. The van der Waals surface area contributed by atoms with Gasteiger partial charge in [0.1, 0.15) is 0 Å². The number of carbonyl (C=O) groups excluding carboxylic acids is 3. The van der Waals surface area contributed by atoms with Crippen molar-refractivity contribution in [1.82, 2.24) is 5.32 Å². The van der Waals surface area contributed by atoms with Crippen molar-refractivity contribution in [1.29, 1.82) is 0 Å². The number of anilines is 1. The maximum Gasteiger partial charge on any atom is 0.338 e. The summed E-state index contributed by atoms with van der Waals surface area (Å²) in [7, 11) is 0. The van der Waals surface area contributed by atoms with Gasteiger partial charge < -0.3 is 15.4 Å². The van der Waals surface area contributed by atoms with E-state index in [4.69, 9.17) is 27.9 Å². The molecule has 0 unspecified atom stereocenters. The van der Waals surface area contributed by atoms with E-state index in [1.165, 1.54) is 18.2 Å². The Bertz CT molecular complexity index is 897. The first kappa shape index (κ1) is 19.2. The first-order valence-corrected chi connectivity index (χ1v) is 9.01. The quantitative estimate of drug-likeness (QED) is 0.716. The number of nitrogens with one attached hydrogen (secondary N) is 2. The molecule has 0 atom stereocenters. The summed E-state index contributed by atoms with van der Waals surface area (Å²) in [5.41, 5.74) is 0.890. The van der Waals surface area contributed by atoms with E-state index in [-0.39, 0.29) is 22.5 Å². The largest absolute Gasteiger partial charge is 0.452 e. The van der Waals surface area contributed by atoms with E-state index < -0.39 is 18.5 Å². The molecular weight excluding hydrogens is 391 g/mol. The Morgan fingerprint density at radius 1 is 1.04 bits per heavy atom. The summed E-state index contributed by atoms with van der Waals surface area (Å²) in [6, 6.07) is 11.1. The summed E-state index contributed by atoms with van der Waals surface area (Å²) in [5.74, 6) is -1.51. The molecule has 2 amide bonds. The minimum Gasteiger partial charge on any atom is -0.452 e. The Hall–Kier alpha value is -2.57. The van der Waals surface area contributed by atoms with Crippen LogP contribution in [0.4, 0.5) is 5.69 Å². The smallest absolute Gasteiger partial charge is 0.338 e. The molecule has 27 heavy (non-hydrogen) atoms. The van der Waals surface area contributed by atoms with Crippen LogP contribution in [-0.2, 0) is 9.53 Å². The predicted octanol–water partition coefficient (Wildman–Crippen LogP) is 3.68. The van der Waals surface area contributed by atoms with Gasteiger partial charge in [-0.2, -0.15) is 0 Å². The van der Waals surface area contributed by atoms with Crippen LogP contribution in [0.25, 0.3) is 0 Å². The van der Waals surface area contributed by atoms with Crippen LogP contribution >= 0.6 is 23.2 Å². The minimum atomic E-state index is -0.705. The molecule has 8 heteroatoms. The lowest BCUT2D eigenvalue weighted by molar-refractivity contribution is -0.119. The van der Waals surface area contributed by atoms with Gasteiger partial charge in [-0.3, -0.25) is 9.59 Å². The second kappa shape index (κ2) is 8.41. The van der Waals surface area contributed by atoms with E-state index in [0.29, 0.717) is 16.3 Å². The Morgan fingerprint density at radius 2 is 1.78 bits per heavy atom. The summed E-state index contributed by atoms with van der Waals surface area (Å²) in [6.07, 6.45) is 1.93. The number of hydrogen-bond acceptors (Lipinski definition) is 4. The molecule has 3 rings (SSSR count). The summed E-state index contributed by atoms with van der Waals surface area (Å²) < 4.78 is 4.98. The number of para-hydroxylation sites is 1. The third kappa shape index (κ3) is 5.21. The number of hydrogen-bond donors (Lipinski definition) is 2. The first-order valence-electron chi connectivity index (χ1n) is 8.26. The predicted molar refractivity (Wildman–Crippen MR) is 102 cm³/mol. The van der Waals surface area contributed by atoms with Gasteiger partial charge in [0, 0.05) is 6.04 Å². The van der Waals surface area contributed by atoms with Crippen LogP contribution in [0.5, 0.6) is 0 Å². The van der Waals surface area contributed by atoms with Crippen molar-refractivity contribution in [3.8, 4) is 0 Å². The van der Waals surface area contributed by atoms with Gasteiger partial charge in [-0.1, -0.05) is 35.3 Å². The summed E-state index contributed by atoms with van der Waals surface area (Å²) in [4.78, 5) is 36.3. The normalized spacial score (nSPS) is 13.0. The van der Waals surface area contributed by atoms with Crippen molar-refractivity contribution in [2.75, 3.05) is 11.9 Å². The van der Waals surface area contributed by atoms with Gasteiger partial charge in [-0.05, 0) is 43.2 Å². The number of benzene rings is 2. The number of carbonyl (C=O) groups is 3. The Labute approximate surface area is 165 Å². The molecule has 1 fully saturated rings. The van der Waals surface area contributed by atoms with Crippen molar-refractivity contribution in [3.05, 3.63) is 63.6 Å². The zero-order chi connectivity index (χ0) is 19.4. The molecule has 0 aliphatic heterocycles. The SMILES string of the molecule is O=C(COC(=O)c1ccc(Cl)c(Cl)c1)Nc1ccccc1C(=O)NC1CC1. The zero-order valence-electron chi connectivity index (χ0n) is 14.1. The summed E-state index contributed by atoms with van der Waals surface area (Å²) in [6.45, 7) is -0.502. The number of rotatable bonds is 6. The van der Waals surface area contributed by atoms with Crippen LogP contribution in [0.3, 0.4) is 0 Å². The standard InChI is InChI=1S/C19H16Cl2N2O4/c20-14-8-5-11(9-15(14)21)19(26)27-10-17(24)23-16-4-2-1-3-13(16)18(25)22-12-6-7-12/h1-5,8-9,12H,6-7,10H2,(H,22,25)(H,23,24). The Kier molecular flexibility index (Phi) is 5.98. The van der Waals surface area contributed by atoms with Crippen LogP contribution in [-0.4, -0.2) is 30.4 Å². The van der Waals surface area contributed by atoms with Gasteiger partial charge in [0.05, 0.1) is 26.9 Å². The molecule has 0 saturated heterocycles. The van der Waals surface area contributed by atoms with Gasteiger partial charge >= 0.3 is 5.97 Å². The molecular formula is C19H16Cl2N2O4. The first-order chi connectivity index (χ1) is 12.9. The average molecular weight is 407 g/mol. The van der Waals surface area contributed by atoms with Crippen molar-refractivity contribution in [2.24, 2.45) is 0 Å². The van der Waals surface area contributed by atoms with E-state index in [1.807, 2.05) is 0 Å². The zero-order valence-corrected chi connectivity index (χ0v) is 15.6. The highest BCUT2D eigenvalue weighted by atomic mass is 35.5. The van der Waals surface area contributed by atoms with Gasteiger partial charge in [-0.25, -0.2) is 4.79 Å². The van der Waals surface area contributed by atoms with Gasteiger partial charge in [0.25, 0.3) is 11.8 Å². The molecule has 1 aliphatic carbocycles. The molecule has 2 N–H and O–H groups in total. The molecule has 2 aromatic rings. The molecule has 2 aromatic carbocycles. The Morgan fingerprint density at radius 3 is 2.48 bits per heavy atom. The van der Waals surface area contributed by atoms with Crippen LogP contribution < -0.4 is 10.6 Å². The molecule has 140 valence electrons. The fourth-order valence-electron chi connectivity index (χ4n) is 2.30. The lowest BCUT2D eigenvalue weighted by atomic mass is 10.1. The third-order valence-corrected chi connectivity index (χ3v) is 4.59. The van der Waals surface area contributed by atoms with E-state index >= 15 is 0 Å². The van der Waals surface area contributed by atoms with E-state index in [0.717, 1.165) is 12.8 Å². The molecule has 0 bridgehead atoms. The second-order valence-corrected chi connectivity index (χ2v) is 6.86. The molecule has 0 radical (unpaired) electrons. The fourth-order valence-corrected chi connectivity index (χ4v) is 2.60. The minimum absolute atomic E-state index is 0.182. The lowest BCUT2D eigenvalue weighted by Crippen LogP contribution is -2.28. The van der Waals surface area contributed by atoms with Crippen molar-refractivity contribution in [2.45, 2.75) is 18.9 Å². The van der Waals surface area contributed by atoms with Crippen LogP contribution in [0.2, 0.25) is 10.0 Å². The van der Waals surface area contributed by atoms with Crippen LogP contribution in [0.15, 0.2) is 42.5 Å². The Balaban J connectivity index is 1.58. The van der Waals surface area contributed by atoms with Crippen molar-refractivity contribution in [3.63, 3.8) is 0 Å². The van der Waals surface area contributed by atoms with Gasteiger partial charge in [0.15, 0.2) is 6.61 Å². The topological polar surface area (TPSA) is 84.5 Å². The van der Waals surface area contributed by atoms with Crippen LogP contribution in [0.1, 0.15) is 33.6 Å². The van der Waals surface area contributed by atoms with Gasteiger partial charge in [-0.15, -0.1) is 0 Å². The summed E-state index contributed by atoms with van der Waals surface area (Å²) >= 11 is 11.7. The number of esters is 1. The van der Waals surface area contributed by atoms with E-state index in [2.05, 4.69) is 10.6 Å². The molecule has 1 aliphatic rings. The molecule has 1 saturated carbocycles. The molecule has 0 spiro atoms. The molecule has 0 heterocycles. The maximum absolute atomic E-state index is 12.2. The highest BCUT2D eigenvalue weighted by Crippen LogP contribution is 2.23. The lowest BCUT2D eigenvalue weighted by Gasteiger charge is -2.11. The number of amides is 2. The second-order valence-electron chi connectivity index (χ2n) is 6.05. The average Bonchev–Trinajstić information content (AvgIpc) is 3.46. The van der Waals surface area contributed by atoms with E-state index in [9.17, 15) is 14.4 Å². The number of halogens is 2. The summed E-state index contributed by atoms with van der Waals surface area (Å²) in [5, 5.41) is 5.98. The van der Waals surface area contributed by atoms with Crippen molar-refractivity contribution >= 4 is 46.7 Å². The third-order valence-electron chi connectivity index (χ3n) is 3.85. The van der Waals surface area contributed by atoms with E-state index in [1.54, 1.807) is 24.3 Å². The monoisotopic (exact) mass is 406 g/mol.